The standard InChI is InChI=1S/C13H24N4/c1-3-12-11(13(4-2)16-15-12)5-8-17-9-6-14-7-10-17/h14H,3-10H2,1-2H3,(H,15,16). The van der Waals surface area contributed by atoms with E-state index in [1.807, 2.05) is 0 Å². The van der Waals surface area contributed by atoms with Gasteiger partial charge in [0.2, 0.25) is 0 Å². The molecule has 1 aliphatic rings. The molecule has 4 heteroatoms. The molecule has 0 aromatic carbocycles. The van der Waals surface area contributed by atoms with Gasteiger partial charge in [0.15, 0.2) is 0 Å². The second kappa shape index (κ2) is 6.17. The molecule has 0 aliphatic carbocycles. The predicted octanol–water partition coefficient (Wildman–Crippen LogP) is 0.982. The second-order valence-electron chi connectivity index (χ2n) is 4.68. The van der Waals surface area contributed by atoms with Gasteiger partial charge in [0.05, 0.1) is 5.69 Å². The first-order valence-electron chi connectivity index (χ1n) is 6.83. The van der Waals surface area contributed by atoms with Crippen molar-refractivity contribution in [3.63, 3.8) is 0 Å². The third-order valence-corrected chi connectivity index (χ3v) is 3.61. The molecule has 0 bridgehead atoms. The number of piperazine rings is 1. The largest absolute Gasteiger partial charge is 0.314 e. The summed E-state index contributed by atoms with van der Waals surface area (Å²) in [6.07, 6.45) is 3.24. The quantitative estimate of drug-likeness (QED) is 0.801. The molecule has 0 saturated carbocycles. The molecule has 0 radical (unpaired) electrons. The van der Waals surface area contributed by atoms with Crippen LogP contribution in [0.25, 0.3) is 0 Å². The number of H-pyrrole nitrogens is 1. The highest BCUT2D eigenvalue weighted by Crippen LogP contribution is 2.14. The summed E-state index contributed by atoms with van der Waals surface area (Å²) in [4.78, 5) is 2.54. The van der Waals surface area contributed by atoms with Crippen molar-refractivity contribution >= 4 is 0 Å². The van der Waals surface area contributed by atoms with Gasteiger partial charge in [0.25, 0.3) is 0 Å². The number of hydrogen-bond acceptors (Lipinski definition) is 3. The van der Waals surface area contributed by atoms with E-state index in [-0.39, 0.29) is 0 Å². The molecule has 4 nitrogen and oxygen atoms in total. The molecule has 2 rings (SSSR count). The molecule has 1 saturated heterocycles. The van der Waals surface area contributed by atoms with Crippen molar-refractivity contribution in [2.75, 3.05) is 32.7 Å². The highest BCUT2D eigenvalue weighted by Gasteiger charge is 2.14. The predicted molar refractivity (Wildman–Crippen MR) is 70.4 cm³/mol. The maximum atomic E-state index is 4.41. The van der Waals surface area contributed by atoms with E-state index in [1.54, 1.807) is 0 Å². The fourth-order valence-corrected chi connectivity index (χ4v) is 2.53. The molecule has 0 amide bonds. The van der Waals surface area contributed by atoms with Gasteiger partial charge in [-0.05, 0) is 24.8 Å². The summed E-state index contributed by atoms with van der Waals surface area (Å²) in [6.45, 7) is 10.2. The van der Waals surface area contributed by atoms with E-state index in [1.165, 1.54) is 36.6 Å². The monoisotopic (exact) mass is 236 g/mol. The van der Waals surface area contributed by atoms with Crippen LogP contribution in [0.15, 0.2) is 0 Å². The van der Waals surface area contributed by atoms with E-state index in [0.717, 1.165) is 32.4 Å². The Kier molecular flexibility index (Phi) is 4.57. The van der Waals surface area contributed by atoms with Crippen LogP contribution in [-0.2, 0) is 19.3 Å². The van der Waals surface area contributed by atoms with Crippen molar-refractivity contribution < 1.29 is 0 Å². The zero-order chi connectivity index (χ0) is 12.1. The van der Waals surface area contributed by atoms with E-state index < -0.39 is 0 Å². The van der Waals surface area contributed by atoms with E-state index in [2.05, 4.69) is 34.3 Å². The number of aryl methyl sites for hydroxylation is 2. The molecule has 0 spiro atoms. The summed E-state index contributed by atoms with van der Waals surface area (Å²) in [5.41, 5.74) is 4.06. The van der Waals surface area contributed by atoms with Crippen LogP contribution in [0.1, 0.15) is 30.8 Å². The molecule has 1 fully saturated rings. The topological polar surface area (TPSA) is 44.0 Å². The van der Waals surface area contributed by atoms with Crippen LogP contribution in [0, 0.1) is 0 Å². The van der Waals surface area contributed by atoms with Crippen molar-refractivity contribution in [2.45, 2.75) is 33.1 Å². The Labute approximate surface area is 104 Å². The number of hydrogen-bond donors (Lipinski definition) is 2. The van der Waals surface area contributed by atoms with E-state index in [0.29, 0.717) is 0 Å². The summed E-state index contributed by atoms with van der Waals surface area (Å²) in [6, 6.07) is 0. The summed E-state index contributed by atoms with van der Waals surface area (Å²) in [5, 5.41) is 11.0. The van der Waals surface area contributed by atoms with Gasteiger partial charge in [0, 0.05) is 38.4 Å². The molecule has 17 heavy (non-hydrogen) atoms. The average Bonchev–Trinajstić information content (AvgIpc) is 2.79. The number of nitrogens with one attached hydrogen (secondary N) is 2. The van der Waals surface area contributed by atoms with Gasteiger partial charge in [-0.25, -0.2) is 0 Å². The highest BCUT2D eigenvalue weighted by molar-refractivity contribution is 5.25. The number of rotatable bonds is 5. The Morgan fingerprint density at radius 1 is 1.18 bits per heavy atom. The molecular weight excluding hydrogens is 212 g/mol. The number of nitrogens with zero attached hydrogens (tertiary/aromatic N) is 2. The minimum absolute atomic E-state index is 1.04. The summed E-state index contributed by atoms with van der Waals surface area (Å²) in [5.74, 6) is 0. The molecular formula is C13H24N4. The third-order valence-electron chi connectivity index (χ3n) is 3.61. The van der Waals surface area contributed by atoms with Gasteiger partial charge in [0.1, 0.15) is 0 Å². The van der Waals surface area contributed by atoms with Crippen molar-refractivity contribution in [3.8, 4) is 0 Å². The van der Waals surface area contributed by atoms with Crippen LogP contribution >= 0.6 is 0 Å². The van der Waals surface area contributed by atoms with Crippen LogP contribution < -0.4 is 5.32 Å². The molecule has 96 valence electrons. The Morgan fingerprint density at radius 3 is 2.59 bits per heavy atom. The normalized spacial score (nSPS) is 17.5. The molecule has 2 N–H and O–H groups in total. The molecule has 2 heterocycles. The summed E-state index contributed by atoms with van der Waals surface area (Å²) < 4.78 is 0. The molecule has 0 unspecified atom stereocenters. The van der Waals surface area contributed by atoms with Crippen LogP contribution in [-0.4, -0.2) is 47.8 Å². The lowest BCUT2D eigenvalue weighted by atomic mass is 10.1. The van der Waals surface area contributed by atoms with Crippen molar-refractivity contribution in [2.24, 2.45) is 0 Å². The first-order chi connectivity index (χ1) is 8.35. The van der Waals surface area contributed by atoms with Crippen LogP contribution in [0.5, 0.6) is 0 Å². The van der Waals surface area contributed by atoms with E-state index in [4.69, 9.17) is 0 Å². The Bertz CT molecular complexity index is 318. The minimum Gasteiger partial charge on any atom is -0.314 e. The Hall–Kier alpha value is -0.870. The van der Waals surface area contributed by atoms with E-state index >= 15 is 0 Å². The fraction of sp³-hybridized carbons (Fsp3) is 0.769. The summed E-state index contributed by atoms with van der Waals surface area (Å²) in [7, 11) is 0. The zero-order valence-electron chi connectivity index (χ0n) is 11.1. The minimum atomic E-state index is 1.04. The first-order valence-corrected chi connectivity index (χ1v) is 6.83. The lowest BCUT2D eigenvalue weighted by Crippen LogP contribution is -2.44. The van der Waals surface area contributed by atoms with Gasteiger partial charge < -0.3 is 10.2 Å². The van der Waals surface area contributed by atoms with Crippen LogP contribution in [0.4, 0.5) is 0 Å². The average molecular weight is 236 g/mol. The zero-order valence-corrected chi connectivity index (χ0v) is 11.1. The molecule has 1 aromatic rings. The lowest BCUT2D eigenvalue weighted by molar-refractivity contribution is 0.243. The Balaban J connectivity index is 1.94. The SMILES string of the molecule is CCc1n[nH]c(CC)c1CCN1CCNCC1. The third kappa shape index (κ3) is 3.07. The molecule has 0 atom stereocenters. The second-order valence-corrected chi connectivity index (χ2v) is 4.68. The number of aromatic amines is 1. The number of aromatic nitrogens is 2. The summed E-state index contributed by atoms with van der Waals surface area (Å²) >= 11 is 0. The van der Waals surface area contributed by atoms with Crippen molar-refractivity contribution in [1.29, 1.82) is 0 Å². The van der Waals surface area contributed by atoms with Gasteiger partial charge in [-0.1, -0.05) is 13.8 Å². The van der Waals surface area contributed by atoms with Gasteiger partial charge in [-0.15, -0.1) is 0 Å². The van der Waals surface area contributed by atoms with Crippen LogP contribution in [0.3, 0.4) is 0 Å². The lowest BCUT2D eigenvalue weighted by Gasteiger charge is -2.27. The first kappa shape index (κ1) is 12.6. The van der Waals surface area contributed by atoms with Gasteiger partial charge in [-0.2, -0.15) is 5.10 Å². The maximum absolute atomic E-state index is 4.41. The smallest absolute Gasteiger partial charge is 0.0654 e. The van der Waals surface area contributed by atoms with Gasteiger partial charge in [-0.3, -0.25) is 5.10 Å². The van der Waals surface area contributed by atoms with E-state index in [9.17, 15) is 0 Å². The Morgan fingerprint density at radius 2 is 1.94 bits per heavy atom. The molecule has 1 aromatic heterocycles. The van der Waals surface area contributed by atoms with Crippen LogP contribution in [0.2, 0.25) is 0 Å². The van der Waals surface area contributed by atoms with Crippen molar-refractivity contribution in [3.05, 3.63) is 17.0 Å². The fourth-order valence-electron chi connectivity index (χ4n) is 2.53. The maximum Gasteiger partial charge on any atom is 0.0654 e. The van der Waals surface area contributed by atoms with Crippen molar-refractivity contribution in [1.82, 2.24) is 20.4 Å². The molecule has 1 aliphatic heterocycles. The van der Waals surface area contributed by atoms with Gasteiger partial charge >= 0.3 is 0 Å². The highest BCUT2D eigenvalue weighted by atomic mass is 15.2.